The SMILES string of the molecule is CCOC(=O)C1CCc2sc(-c3cc(F)ccc3F)nc21. The summed E-state index contributed by atoms with van der Waals surface area (Å²) in [5.74, 6) is -1.71. The number of halogens is 2. The number of esters is 1. The van der Waals surface area contributed by atoms with E-state index in [1.807, 2.05) is 0 Å². The van der Waals surface area contributed by atoms with Crippen molar-refractivity contribution in [3.05, 3.63) is 40.4 Å². The average molecular weight is 309 g/mol. The molecule has 1 heterocycles. The van der Waals surface area contributed by atoms with Crippen LogP contribution in [0.25, 0.3) is 10.6 Å². The summed E-state index contributed by atoms with van der Waals surface area (Å²) in [6.07, 6.45) is 1.38. The maximum absolute atomic E-state index is 13.8. The lowest BCUT2D eigenvalue weighted by molar-refractivity contribution is -0.145. The smallest absolute Gasteiger partial charge is 0.315 e. The first kappa shape index (κ1) is 14.1. The van der Waals surface area contributed by atoms with E-state index in [2.05, 4.69) is 4.98 Å². The quantitative estimate of drug-likeness (QED) is 0.812. The van der Waals surface area contributed by atoms with Gasteiger partial charge in [0.15, 0.2) is 0 Å². The third-order valence-electron chi connectivity index (χ3n) is 3.45. The zero-order chi connectivity index (χ0) is 15.0. The zero-order valence-electron chi connectivity index (χ0n) is 11.4. The molecule has 1 unspecified atom stereocenters. The van der Waals surface area contributed by atoms with Crippen LogP contribution < -0.4 is 0 Å². The number of benzene rings is 1. The Morgan fingerprint density at radius 3 is 3.05 bits per heavy atom. The Bertz CT molecular complexity index is 699. The van der Waals surface area contributed by atoms with E-state index in [0.29, 0.717) is 30.2 Å². The summed E-state index contributed by atoms with van der Waals surface area (Å²) < 4.78 is 32.1. The summed E-state index contributed by atoms with van der Waals surface area (Å²) >= 11 is 1.31. The number of hydrogen-bond donors (Lipinski definition) is 0. The topological polar surface area (TPSA) is 39.2 Å². The van der Waals surface area contributed by atoms with E-state index < -0.39 is 11.6 Å². The number of nitrogens with zero attached hydrogens (tertiary/aromatic N) is 1. The number of rotatable bonds is 3. The van der Waals surface area contributed by atoms with E-state index >= 15 is 0 Å². The van der Waals surface area contributed by atoms with Gasteiger partial charge in [0.25, 0.3) is 0 Å². The van der Waals surface area contributed by atoms with Crippen molar-refractivity contribution in [3.8, 4) is 10.6 Å². The lowest BCUT2D eigenvalue weighted by Crippen LogP contribution is -2.14. The predicted molar refractivity (Wildman–Crippen MR) is 75.2 cm³/mol. The van der Waals surface area contributed by atoms with Crippen molar-refractivity contribution < 1.29 is 18.3 Å². The van der Waals surface area contributed by atoms with Gasteiger partial charge in [-0.15, -0.1) is 11.3 Å². The second-order valence-corrected chi connectivity index (χ2v) is 5.88. The van der Waals surface area contributed by atoms with Crippen molar-refractivity contribution in [3.63, 3.8) is 0 Å². The molecule has 0 spiro atoms. The molecule has 0 saturated heterocycles. The van der Waals surface area contributed by atoms with Gasteiger partial charge in [0.1, 0.15) is 22.6 Å². The molecule has 1 aliphatic rings. The first-order valence-corrected chi connectivity index (χ1v) is 7.53. The summed E-state index contributed by atoms with van der Waals surface area (Å²) in [6, 6.07) is 3.28. The third kappa shape index (κ3) is 2.55. The fourth-order valence-corrected chi connectivity index (χ4v) is 3.63. The Morgan fingerprint density at radius 2 is 2.29 bits per heavy atom. The van der Waals surface area contributed by atoms with Crippen molar-refractivity contribution in [1.82, 2.24) is 4.98 Å². The third-order valence-corrected chi connectivity index (χ3v) is 4.61. The van der Waals surface area contributed by atoms with Gasteiger partial charge in [-0.25, -0.2) is 13.8 Å². The number of aryl methyl sites for hydroxylation is 1. The molecule has 0 radical (unpaired) electrons. The highest BCUT2D eigenvalue weighted by Gasteiger charge is 2.34. The first-order valence-electron chi connectivity index (χ1n) is 6.71. The van der Waals surface area contributed by atoms with Gasteiger partial charge in [-0.1, -0.05) is 0 Å². The number of aromatic nitrogens is 1. The highest BCUT2D eigenvalue weighted by atomic mass is 32.1. The maximum Gasteiger partial charge on any atom is 0.315 e. The highest BCUT2D eigenvalue weighted by Crippen LogP contribution is 2.40. The Balaban J connectivity index is 1.97. The molecule has 3 rings (SSSR count). The number of ether oxygens (including phenoxy) is 1. The van der Waals surface area contributed by atoms with Gasteiger partial charge >= 0.3 is 5.97 Å². The number of hydrogen-bond acceptors (Lipinski definition) is 4. The summed E-state index contributed by atoms with van der Waals surface area (Å²) in [6.45, 7) is 2.07. The summed E-state index contributed by atoms with van der Waals surface area (Å²) in [5, 5.41) is 0.408. The minimum atomic E-state index is -0.517. The van der Waals surface area contributed by atoms with E-state index in [9.17, 15) is 13.6 Å². The van der Waals surface area contributed by atoms with Crippen LogP contribution in [-0.2, 0) is 16.0 Å². The van der Waals surface area contributed by atoms with E-state index in [-0.39, 0.29) is 17.5 Å². The normalized spacial score (nSPS) is 16.8. The van der Waals surface area contributed by atoms with Crippen LogP contribution in [0.4, 0.5) is 8.78 Å². The molecular formula is C15H13F2NO2S. The number of carbonyl (C=O) groups is 1. The Kier molecular flexibility index (Phi) is 3.71. The van der Waals surface area contributed by atoms with E-state index in [4.69, 9.17) is 4.74 Å². The van der Waals surface area contributed by atoms with E-state index in [0.717, 1.165) is 23.1 Å². The van der Waals surface area contributed by atoms with Crippen LogP contribution in [0.15, 0.2) is 18.2 Å². The molecule has 0 fully saturated rings. The first-order chi connectivity index (χ1) is 10.1. The molecule has 110 valence electrons. The minimum Gasteiger partial charge on any atom is -0.465 e. The van der Waals surface area contributed by atoms with Crippen LogP contribution in [0.1, 0.15) is 29.8 Å². The molecule has 0 N–H and O–H groups in total. The molecule has 0 saturated carbocycles. The van der Waals surface area contributed by atoms with Gasteiger partial charge in [-0.3, -0.25) is 4.79 Å². The molecule has 3 nitrogen and oxygen atoms in total. The molecule has 0 bridgehead atoms. The van der Waals surface area contributed by atoms with Crippen LogP contribution in [0, 0.1) is 11.6 Å². The maximum atomic E-state index is 13.8. The number of thiazole rings is 1. The van der Waals surface area contributed by atoms with Gasteiger partial charge in [0.05, 0.1) is 12.3 Å². The summed E-state index contributed by atoms with van der Waals surface area (Å²) in [5.41, 5.74) is 0.786. The van der Waals surface area contributed by atoms with Crippen molar-refractivity contribution >= 4 is 17.3 Å². The van der Waals surface area contributed by atoms with Crippen molar-refractivity contribution in [2.75, 3.05) is 6.61 Å². The van der Waals surface area contributed by atoms with Crippen LogP contribution in [0.5, 0.6) is 0 Å². The fourth-order valence-electron chi connectivity index (χ4n) is 2.48. The predicted octanol–water partition coefficient (Wildman–Crippen LogP) is 3.68. The molecule has 1 aromatic carbocycles. The van der Waals surface area contributed by atoms with Crippen molar-refractivity contribution in [2.24, 2.45) is 0 Å². The largest absolute Gasteiger partial charge is 0.465 e. The number of carbonyl (C=O) groups excluding carboxylic acids is 1. The summed E-state index contributed by atoms with van der Waals surface area (Å²) in [4.78, 5) is 17.2. The highest BCUT2D eigenvalue weighted by molar-refractivity contribution is 7.15. The molecule has 2 aromatic rings. The zero-order valence-corrected chi connectivity index (χ0v) is 12.2. The minimum absolute atomic E-state index is 0.136. The van der Waals surface area contributed by atoms with Gasteiger partial charge in [0.2, 0.25) is 0 Å². The second kappa shape index (κ2) is 5.52. The van der Waals surface area contributed by atoms with Crippen molar-refractivity contribution in [2.45, 2.75) is 25.7 Å². The Labute approximate surface area is 124 Å². The van der Waals surface area contributed by atoms with Gasteiger partial charge in [-0.2, -0.15) is 0 Å². The Hall–Kier alpha value is -1.82. The second-order valence-electron chi connectivity index (χ2n) is 4.79. The van der Waals surface area contributed by atoms with Gasteiger partial charge < -0.3 is 4.74 Å². The molecule has 1 atom stereocenters. The number of fused-ring (bicyclic) bond motifs is 1. The molecule has 1 aliphatic carbocycles. The van der Waals surface area contributed by atoms with Crippen LogP contribution in [0.3, 0.4) is 0 Å². The van der Waals surface area contributed by atoms with E-state index in [1.165, 1.54) is 11.3 Å². The molecule has 1 aromatic heterocycles. The molecule has 0 aliphatic heterocycles. The molecule has 0 amide bonds. The molecular weight excluding hydrogens is 296 g/mol. The average Bonchev–Trinajstić information content (AvgIpc) is 3.01. The van der Waals surface area contributed by atoms with Crippen LogP contribution in [-0.4, -0.2) is 17.6 Å². The van der Waals surface area contributed by atoms with Crippen LogP contribution in [0.2, 0.25) is 0 Å². The monoisotopic (exact) mass is 309 g/mol. The Morgan fingerprint density at radius 1 is 1.48 bits per heavy atom. The van der Waals surface area contributed by atoms with E-state index in [1.54, 1.807) is 6.92 Å². The van der Waals surface area contributed by atoms with Crippen LogP contribution >= 0.6 is 11.3 Å². The van der Waals surface area contributed by atoms with Crippen molar-refractivity contribution in [1.29, 1.82) is 0 Å². The standard InChI is InChI=1S/C15H13F2NO2S/c1-2-20-15(19)9-4-6-12-13(9)18-14(21-12)10-7-8(16)3-5-11(10)17/h3,5,7,9H,2,4,6H2,1H3. The van der Waals surface area contributed by atoms with Gasteiger partial charge in [-0.05, 0) is 38.0 Å². The molecule has 6 heteroatoms. The lowest BCUT2D eigenvalue weighted by atomic mass is 10.1. The lowest BCUT2D eigenvalue weighted by Gasteiger charge is -2.07. The molecule has 21 heavy (non-hydrogen) atoms. The summed E-state index contributed by atoms with van der Waals surface area (Å²) in [7, 11) is 0. The fraction of sp³-hybridized carbons (Fsp3) is 0.333. The van der Waals surface area contributed by atoms with Gasteiger partial charge in [0, 0.05) is 10.4 Å².